The van der Waals surface area contributed by atoms with E-state index in [0.717, 1.165) is 25.3 Å². The zero-order valence-corrected chi connectivity index (χ0v) is 20.9. The number of carbonyl (C=O) groups is 2. The first-order valence-electron chi connectivity index (χ1n) is 12.0. The van der Waals surface area contributed by atoms with Crippen LogP contribution in [0.1, 0.15) is 60.3 Å². The number of aliphatic hydroxyl groups excluding tert-OH is 1. The Kier molecular flexibility index (Phi) is 7.29. The highest BCUT2D eigenvalue weighted by molar-refractivity contribution is 5.97. The summed E-state index contributed by atoms with van der Waals surface area (Å²) in [5, 5.41) is 31.8. The van der Waals surface area contributed by atoms with Crippen LogP contribution < -0.4 is 0 Å². The molecule has 3 rings (SSSR count). The van der Waals surface area contributed by atoms with Crippen molar-refractivity contribution in [2.45, 2.75) is 72.0 Å². The van der Waals surface area contributed by atoms with Gasteiger partial charge in [0.25, 0.3) is 5.91 Å². The molecule has 35 heavy (non-hydrogen) atoms. The molecule has 4 unspecified atom stereocenters. The maximum absolute atomic E-state index is 12.7. The molecule has 10 heteroatoms. The average Bonchev–Trinajstić information content (AvgIpc) is 3.20. The first-order chi connectivity index (χ1) is 16.4. The van der Waals surface area contributed by atoms with Crippen LogP contribution in [0, 0.1) is 38.7 Å². The highest BCUT2D eigenvalue weighted by atomic mass is 16.7. The molecule has 1 N–H and O–H groups in total. The van der Waals surface area contributed by atoms with Gasteiger partial charge in [0.2, 0.25) is 5.76 Å². The Bertz CT molecular complexity index is 1050. The van der Waals surface area contributed by atoms with E-state index in [1.807, 2.05) is 6.07 Å². The molecule has 2 fully saturated rings. The third-order valence-corrected chi connectivity index (χ3v) is 7.89. The van der Waals surface area contributed by atoms with E-state index in [-0.39, 0.29) is 35.0 Å². The highest BCUT2D eigenvalue weighted by Gasteiger charge is 2.55. The van der Waals surface area contributed by atoms with Gasteiger partial charge in [0, 0.05) is 31.5 Å². The monoisotopic (exact) mass is 487 g/mol. The predicted octanol–water partition coefficient (Wildman–Crippen LogP) is 4.42. The maximum atomic E-state index is 12.7. The van der Waals surface area contributed by atoms with Gasteiger partial charge in [-0.25, -0.2) is 4.79 Å². The first-order valence-corrected chi connectivity index (χ1v) is 12.0. The zero-order valence-electron chi connectivity index (χ0n) is 20.9. The molecule has 0 aromatic carbocycles. The van der Waals surface area contributed by atoms with Crippen molar-refractivity contribution in [2.24, 2.45) is 17.3 Å². The second-order valence-electron chi connectivity index (χ2n) is 10.2. The highest BCUT2D eigenvalue weighted by Crippen LogP contribution is 2.58. The number of likely N-dealkylation sites (N-methyl/N-ethyl adjacent to an activating group) is 1. The summed E-state index contributed by atoms with van der Waals surface area (Å²) in [6, 6.07) is 1.84. The molecule has 4 atom stereocenters. The Hall–Kier alpha value is -3.35. The van der Waals surface area contributed by atoms with Crippen LogP contribution in [0.25, 0.3) is 0 Å². The lowest BCUT2D eigenvalue weighted by Crippen LogP contribution is -2.39. The van der Waals surface area contributed by atoms with Crippen molar-refractivity contribution < 1.29 is 29.1 Å². The van der Waals surface area contributed by atoms with Crippen molar-refractivity contribution in [3.63, 3.8) is 0 Å². The van der Waals surface area contributed by atoms with Crippen molar-refractivity contribution in [1.82, 2.24) is 4.90 Å². The van der Waals surface area contributed by atoms with E-state index in [2.05, 4.69) is 13.8 Å². The predicted molar refractivity (Wildman–Crippen MR) is 125 cm³/mol. The summed E-state index contributed by atoms with van der Waals surface area (Å²) in [5.41, 5.74) is -2.43. The number of aliphatic hydroxyl groups is 1. The lowest BCUT2D eigenvalue weighted by atomic mass is 9.82. The normalized spacial score (nSPS) is 29.3. The number of fused-ring (bicyclic) bond motifs is 2. The number of hydrogen-bond donors (Lipinski definition) is 1. The molecule has 0 radical (unpaired) electrons. The van der Waals surface area contributed by atoms with Crippen molar-refractivity contribution >= 4 is 12.1 Å². The van der Waals surface area contributed by atoms with E-state index >= 15 is 0 Å². The second-order valence-corrected chi connectivity index (χ2v) is 10.2. The summed E-state index contributed by atoms with van der Waals surface area (Å²) in [6.07, 6.45) is 3.60. The molecule has 0 saturated heterocycles. The van der Waals surface area contributed by atoms with Crippen LogP contribution >= 0.6 is 0 Å². The standard InChI is InChI=1S/C25H33N3O7/c1-6-27(7-2)22(30)16(14-26)10-15-11-19(28(32)33)21(29)25(5,13-15)35-23(31)34-20-12-17-8-9-18(20)24(17,3)4/h10-11,17-18,20,29H,6-9,12-13H2,1-5H3/b16-10+. The summed E-state index contributed by atoms with van der Waals surface area (Å²) in [7, 11) is 0. The average molecular weight is 488 g/mol. The van der Waals surface area contributed by atoms with Gasteiger partial charge >= 0.3 is 11.9 Å². The molecule has 0 aliphatic heterocycles. The summed E-state index contributed by atoms with van der Waals surface area (Å²) in [4.78, 5) is 37.7. The summed E-state index contributed by atoms with van der Waals surface area (Å²) >= 11 is 0. The van der Waals surface area contributed by atoms with Gasteiger partial charge in [0.1, 0.15) is 17.7 Å². The molecule has 2 saturated carbocycles. The van der Waals surface area contributed by atoms with Gasteiger partial charge < -0.3 is 19.5 Å². The Labute approximate surface area is 205 Å². The topological polar surface area (TPSA) is 143 Å². The van der Waals surface area contributed by atoms with Crippen molar-refractivity contribution in [3.8, 4) is 6.07 Å². The quantitative estimate of drug-likeness (QED) is 0.183. The Morgan fingerprint density at radius 1 is 1.31 bits per heavy atom. The molecular formula is C25H33N3O7. The van der Waals surface area contributed by atoms with Gasteiger partial charge in [-0.15, -0.1) is 0 Å². The number of nitriles is 1. The fraction of sp³-hybridized carbons (Fsp3) is 0.640. The maximum Gasteiger partial charge on any atom is 0.509 e. The lowest BCUT2D eigenvalue weighted by Gasteiger charge is -2.32. The zero-order chi connectivity index (χ0) is 26.1. The molecule has 2 bridgehead atoms. The molecule has 0 aromatic heterocycles. The molecule has 3 aliphatic rings. The molecule has 0 aromatic rings. The van der Waals surface area contributed by atoms with Gasteiger partial charge in [-0.05, 0) is 63.0 Å². The van der Waals surface area contributed by atoms with Crippen LogP contribution in [-0.2, 0) is 14.3 Å². The minimum absolute atomic E-state index is 0.0618. The van der Waals surface area contributed by atoms with E-state index in [0.29, 0.717) is 19.0 Å². The summed E-state index contributed by atoms with van der Waals surface area (Å²) in [6.45, 7) is 10.0. The number of allylic oxidation sites excluding steroid dienone is 2. The number of rotatable bonds is 7. The smallest absolute Gasteiger partial charge is 0.503 e. The molecular weight excluding hydrogens is 454 g/mol. The number of amides is 1. The van der Waals surface area contributed by atoms with Gasteiger partial charge in [-0.1, -0.05) is 13.8 Å². The van der Waals surface area contributed by atoms with Crippen LogP contribution in [0.5, 0.6) is 0 Å². The number of nitro groups is 1. The van der Waals surface area contributed by atoms with Crippen LogP contribution in [-0.4, -0.2) is 51.8 Å². The molecule has 190 valence electrons. The largest absolute Gasteiger partial charge is 0.509 e. The Morgan fingerprint density at radius 3 is 2.46 bits per heavy atom. The first kappa shape index (κ1) is 26.3. The van der Waals surface area contributed by atoms with Crippen LogP contribution in [0.15, 0.2) is 34.8 Å². The number of nitrogens with zero attached hydrogens (tertiary/aromatic N) is 3. The third-order valence-electron chi connectivity index (χ3n) is 7.89. The fourth-order valence-electron chi connectivity index (χ4n) is 5.78. The van der Waals surface area contributed by atoms with E-state index in [1.165, 1.54) is 17.9 Å². The fourth-order valence-corrected chi connectivity index (χ4v) is 5.78. The van der Waals surface area contributed by atoms with Gasteiger partial charge in [-0.3, -0.25) is 14.9 Å². The Balaban J connectivity index is 1.84. The van der Waals surface area contributed by atoms with Crippen LogP contribution in [0.4, 0.5) is 4.79 Å². The van der Waals surface area contributed by atoms with E-state index in [4.69, 9.17) is 9.47 Å². The number of hydrogen-bond acceptors (Lipinski definition) is 8. The van der Waals surface area contributed by atoms with E-state index in [9.17, 15) is 30.1 Å². The molecule has 3 aliphatic carbocycles. The second kappa shape index (κ2) is 9.72. The minimum atomic E-state index is -1.80. The van der Waals surface area contributed by atoms with Gasteiger partial charge in [0.15, 0.2) is 5.60 Å². The van der Waals surface area contributed by atoms with Crippen LogP contribution in [0.2, 0.25) is 0 Å². The molecule has 0 heterocycles. The lowest BCUT2D eigenvalue weighted by molar-refractivity contribution is -0.423. The van der Waals surface area contributed by atoms with Gasteiger partial charge in [-0.2, -0.15) is 5.26 Å². The van der Waals surface area contributed by atoms with E-state index < -0.39 is 34.0 Å². The summed E-state index contributed by atoms with van der Waals surface area (Å²) in [5.74, 6) is -0.572. The number of carbonyl (C=O) groups excluding carboxylic acids is 2. The Morgan fingerprint density at radius 2 is 1.97 bits per heavy atom. The van der Waals surface area contributed by atoms with E-state index in [1.54, 1.807) is 13.8 Å². The SMILES string of the molecule is CCN(CC)C(=O)/C(C#N)=C/C1=CC([N+](=O)[O-])=C(O)C(C)(OC(=O)OC2CC3CCC2C3(C)C)C1. The van der Waals surface area contributed by atoms with Crippen molar-refractivity contribution in [3.05, 3.63) is 44.9 Å². The molecule has 1 amide bonds. The molecule has 0 spiro atoms. The minimum Gasteiger partial charge on any atom is -0.503 e. The summed E-state index contributed by atoms with van der Waals surface area (Å²) < 4.78 is 11.1. The van der Waals surface area contributed by atoms with Crippen LogP contribution in [0.3, 0.4) is 0 Å². The molecule has 10 nitrogen and oxygen atoms in total. The van der Waals surface area contributed by atoms with Gasteiger partial charge in [0.05, 0.1) is 4.92 Å². The van der Waals surface area contributed by atoms with Crippen molar-refractivity contribution in [2.75, 3.05) is 13.1 Å². The number of ether oxygens (including phenoxy) is 2. The van der Waals surface area contributed by atoms with Crippen molar-refractivity contribution in [1.29, 1.82) is 5.26 Å². The third kappa shape index (κ3) is 4.90.